The van der Waals surface area contributed by atoms with Gasteiger partial charge in [-0.05, 0) is 60.6 Å². The fourth-order valence-electron chi connectivity index (χ4n) is 4.70. The molecule has 32 heavy (non-hydrogen) atoms. The Morgan fingerprint density at radius 2 is 1.97 bits per heavy atom. The molecule has 1 heterocycles. The zero-order valence-electron chi connectivity index (χ0n) is 19.6. The lowest BCUT2D eigenvalue weighted by Gasteiger charge is -2.42. The zero-order valence-corrected chi connectivity index (χ0v) is 19.6. The molecule has 1 saturated carbocycles. The maximum Gasteiger partial charge on any atom is 0.439 e. The lowest BCUT2D eigenvalue weighted by atomic mass is 9.66. The maximum absolute atomic E-state index is 14.2. The van der Waals surface area contributed by atoms with Gasteiger partial charge in [0.2, 0.25) is 0 Å². The first-order chi connectivity index (χ1) is 14.7. The van der Waals surface area contributed by atoms with Crippen molar-refractivity contribution in [3.8, 4) is 5.75 Å². The lowest BCUT2D eigenvalue weighted by molar-refractivity contribution is -0.318. The van der Waals surface area contributed by atoms with Gasteiger partial charge in [-0.3, -0.25) is 4.79 Å². The molecular weight excluding hydrogens is 421 g/mol. The van der Waals surface area contributed by atoms with Crippen LogP contribution >= 0.6 is 0 Å². The number of hydrogen-bond acceptors (Lipinski definition) is 4. The Morgan fingerprint density at radius 1 is 1.31 bits per heavy atom. The van der Waals surface area contributed by atoms with E-state index in [9.17, 15) is 23.1 Å². The highest BCUT2D eigenvalue weighted by atomic mass is 19.4. The second-order valence-corrected chi connectivity index (χ2v) is 10.4. The Morgan fingerprint density at radius 3 is 2.53 bits per heavy atom. The second kappa shape index (κ2) is 8.36. The Balaban J connectivity index is 1.86. The van der Waals surface area contributed by atoms with E-state index in [-0.39, 0.29) is 34.4 Å². The SMILES string of the molecule is Cc1ccc(C(C)C)c(OCC(=O)N2N=C3CC[C@H](C(C)(C)C)C[C@H]3[C@]2(O)C(F)(F)F)c1. The van der Waals surface area contributed by atoms with Crippen LogP contribution in [-0.4, -0.2) is 40.2 Å². The van der Waals surface area contributed by atoms with Crippen molar-refractivity contribution in [3.63, 3.8) is 0 Å². The fourth-order valence-corrected chi connectivity index (χ4v) is 4.70. The molecule has 1 fully saturated rings. The van der Waals surface area contributed by atoms with Crippen molar-refractivity contribution in [2.24, 2.45) is 22.4 Å². The van der Waals surface area contributed by atoms with Crippen LogP contribution in [0.25, 0.3) is 0 Å². The number of alkyl halides is 3. The highest BCUT2D eigenvalue weighted by Gasteiger charge is 2.69. The minimum absolute atomic E-state index is 0.0208. The van der Waals surface area contributed by atoms with Gasteiger partial charge in [-0.2, -0.15) is 23.3 Å². The molecule has 3 atom stereocenters. The molecule has 1 N–H and O–H groups in total. The third-order valence-corrected chi connectivity index (χ3v) is 6.73. The molecule has 1 aromatic carbocycles. The summed E-state index contributed by atoms with van der Waals surface area (Å²) in [5.74, 6) is -1.75. The average Bonchev–Trinajstić information content (AvgIpc) is 2.98. The fraction of sp³-hybridized carbons (Fsp3) is 0.667. The molecule has 8 heteroatoms. The van der Waals surface area contributed by atoms with Crippen molar-refractivity contribution in [1.82, 2.24) is 5.01 Å². The number of rotatable bonds is 4. The van der Waals surface area contributed by atoms with Crippen LogP contribution < -0.4 is 4.74 Å². The quantitative estimate of drug-likeness (QED) is 0.662. The Kier molecular flexibility index (Phi) is 6.41. The first-order valence-electron chi connectivity index (χ1n) is 11.1. The number of halogens is 3. The monoisotopic (exact) mass is 454 g/mol. The van der Waals surface area contributed by atoms with Crippen LogP contribution in [0.2, 0.25) is 0 Å². The van der Waals surface area contributed by atoms with Crippen molar-refractivity contribution >= 4 is 11.6 Å². The number of benzene rings is 1. The lowest BCUT2D eigenvalue weighted by Crippen LogP contribution is -2.62. The summed E-state index contributed by atoms with van der Waals surface area (Å²) < 4.78 is 48.2. The van der Waals surface area contributed by atoms with Crippen LogP contribution in [0.15, 0.2) is 23.3 Å². The summed E-state index contributed by atoms with van der Waals surface area (Å²) in [7, 11) is 0. The smallest absolute Gasteiger partial charge is 0.439 e. The minimum atomic E-state index is -5.05. The summed E-state index contributed by atoms with van der Waals surface area (Å²) in [5.41, 5.74) is -1.58. The minimum Gasteiger partial charge on any atom is -0.483 e. The molecule has 178 valence electrons. The van der Waals surface area contributed by atoms with Gasteiger partial charge in [0.05, 0.1) is 5.92 Å². The van der Waals surface area contributed by atoms with E-state index in [1.54, 1.807) is 6.07 Å². The van der Waals surface area contributed by atoms with Crippen molar-refractivity contribution in [2.45, 2.75) is 78.6 Å². The average molecular weight is 455 g/mol. The van der Waals surface area contributed by atoms with E-state index in [0.717, 1.165) is 11.1 Å². The maximum atomic E-state index is 14.2. The van der Waals surface area contributed by atoms with E-state index in [2.05, 4.69) is 5.10 Å². The predicted octanol–water partition coefficient (Wildman–Crippen LogP) is 5.41. The summed E-state index contributed by atoms with van der Waals surface area (Å²) in [6.07, 6.45) is -3.93. The van der Waals surface area contributed by atoms with Gasteiger partial charge in [-0.15, -0.1) is 0 Å². The number of aliphatic hydroxyl groups is 1. The van der Waals surface area contributed by atoms with Crippen molar-refractivity contribution in [1.29, 1.82) is 0 Å². The van der Waals surface area contributed by atoms with Gasteiger partial charge in [0, 0.05) is 5.71 Å². The van der Waals surface area contributed by atoms with Crippen LogP contribution in [0.4, 0.5) is 13.2 Å². The van der Waals surface area contributed by atoms with Crippen LogP contribution in [0.1, 0.15) is 70.9 Å². The standard InChI is InChI=1S/C24H33F3N2O3/c1-14(2)17-9-7-15(3)11-20(17)32-13-21(30)29-23(31,24(25,26)27)18-12-16(22(4,5)6)8-10-19(18)28-29/h7,9,11,14,16,18,31H,8,10,12-13H2,1-6H3/t16-,18+,23-/m0/s1. The molecule has 1 aromatic rings. The molecule has 0 aromatic heterocycles. The molecule has 0 spiro atoms. The zero-order chi connectivity index (χ0) is 24.1. The van der Waals surface area contributed by atoms with Crippen molar-refractivity contribution in [2.75, 3.05) is 6.61 Å². The predicted molar refractivity (Wildman–Crippen MR) is 116 cm³/mol. The van der Waals surface area contributed by atoms with Gasteiger partial charge in [-0.25, -0.2) is 0 Å². The third kappa shape index (κ3) is 4.38. The molecule has 0 bridgehead atoms. The van der Waals surface area contributed by atoms with E-state index in [4.69, 9.17) is 4.74 Å². The van der Waals surface area contributed by atoms with Crippen LogP contribution in [-0.2, 0) is 4.79 Å². The molecule has 5 nitrogen and oxygen atoms in total. The summed E-state index contributed by atoms with van der Waals surface area (Å²) in [5, 5.41) is 15.1. The number of amides is 1. The van der Waals surface area contributed by atoms with Gasteiger partial charge < -0.3 is 9.84 Å². The van der Waals surface area contributed by atoms with Gasteiger partial charge >= 0.3 is 6.18 Å². The molecule has 1 amide bonds. The number of aryl methyl sites for hydroxylation is 1. The summed E-state index contributed by atoms with van der Waals surface area (Å²) in [4.78, 5) is 12.9. The van der Waals surface area contributed by atoms with Crippen LogP contribution in [0.5, 0.6) is 5.75 Å². The number of hydrazone groups is 1. The number of carbonyl (C=O) groups excluding carboxylic acids is 1. The molecule has 0 unspecified atom stereocenters. The number of hydrogen-bond donors (Lipinski definition) is 1. The van der Waals surface area contributed by atoms with E-state index in [1.807, 2.05) is 53.7 Å². The first kappa shape index (κ1) is 24.6. The topological polar surface area (TPSA) is 62.1 Å². The highest BCUT2D eigenvalue weighted by molar-refractivity contribution is 5.93. The summed E-state index contributed by atoms with van der Waals surface area (Å²) in [6.45, 7) is 11.1. The highest BCUT2D eigenvalue weighted by Crippen LogP contribution is 2.51. The summed E-state index contributed by atoms with van der Waals surface area (Å²) in [6, 6.07) is 5.54. The largest absolute Gasteiger partial charge is 0.483 e. The van der Waals surface area contributed by atoms with E-state index < -0.39 is 30.3 Å². The first-order valence-corrected chi connectivity index (χ1v) is 11.1. The van der Waals surface area contributed by atoms with Crippen molar-refractivity contribution in [3.05, 3.63) is 29.3 Å². The Hall–Kier alpha value is -2.09. The second-order valence-electron chi connectivity index (χ2n) is 10.4. The molecule has 1 aliphatic carbocycles. The normalized spacial score (nSPS) is 26.2. The molecular formula is C24H33F3N2O3. The molecule has 3 rings (SSSR count). The van der Waals surface area contributed by atoms with Crippen LogP contribution in [0, 0.1) is 24.2 Å². The molecule has 2 aliphatic rings. The Bertz CT molecular complexity index is 905. The van der Waals surface area contributed by atoms with Gasteiger partial charge in [0.25, 0.3) is 11.6 Å². The number of carbonyl (C=O) groups is 1. The molecule has 0 radical (unpaired) electrons. The molecule has 0 saturated heterocycles. The molecule has 1 aliphatic heterocycles. The van der Waals surface area contributed by atoms with E-state index in [0.29, 0.717) is 18.6 Å². The number of nitrogens with zero attached hydrogens (tertiary/aromatic N) is 2. The number of ether oxygens (including phenoxy) is 1. The third-order valence-electron chi connectivity index (χ3n) is 6.73. The van der Waals surface area contributed by atoms with Crippen LogP contribution in [0.3, 0.4) is 0 Å². The Labute approximate surface area is 187 Å². The van der Waals surface area contributed by atoms with Gasteiger partial charge in [-0.1, -0.05) is 46.8 Å². The summed E-state index contributed by atoms with van der Waals surface area (Å²) >= 11 is 0. The van der Waals surface area contributed by atoms with Gasteiger partial charge in [0.15, 0.2) is 6.61 Å². The van der Waals surface area contributed by atoms with Gasteiger partial charge in [0.1, 0.15) is 5.75 Å². The number of fused-ring (bicyclic) bond motifs is 1. The van der Waals surface area contributed by atoms with E-state index in [1.165, 1.54) is 0 Å². The van der Waals surface area contributed by atoms with E-state index >= 15 is 0 Å². The van der Waals surface area contributed by atoms with Crippen molar-refractivity contribution < 1.29 is 27.8 Å².